The number of likely N-dealkylation sites (N-methyl/N-ethyl adjacent to an activating group) is 1. The van der Waals surface area contributed by atoms with E-state index < -0.39 is 0 Å². The Hall–Kier alpha value is -1.96. The second kappa shape index (κ2) is 8.81. The lowest BCUT2D eigenvalue weighted by Gasteiger charge is -2.27. The van der Waals surface area contributed by atoms with Gasteiger partial charge < -0.3 is 14.0 Å². The SMILES string of the molecule is CCN(CC)[C@H]1CCN(Cc2c(C(=O)N3CCOCC3)nc3c(C)cccn23)C1. The topological polar surface area (TPSA) is 53.3 Å². The van der Waals surface area contributed by atoms with E-state index in [4.69, 9.17) is 9.72 Å². The average molecular weight is 400 g/mol. The summed E-state index contributed by atoms with van der Waals surface area (Å²) in [7, 11) is 0. The predicted octanol–water partition coefficient (Wildman–Crippen LogP) is 2.03. The largest absolute Gasteiger partial charge is 0.378 e. The summed E-state index contributed by atoms with van der Waals surface area (Å²) in [4.78, 5) is 25.0. The first-order valence-corrected chi connectivity index (χ1v) is 10.9. The maximum absolute atomic E-state index is 13.3. The molecule has 0 saturated carbocycles. The van der Waals surface area contributed by atoms with Crippen LogP contribution in [0, 0.1) is 6.92 Å². The number of hydrogen-bond acceptors (Lipinski definition) is 5. The molecule has 29 heavy (non-hydrogen) atoms. The summed E-state index contributed by atoms with van der Waals surface area (Å²) in [5, 5.41) is 0. The van der Waals surface area contributed by atoms with Crippen LogP contribution in [0.2, 0.25) is 0 Å². The number of aryl methyl sites for hydroxylation is 1. The minimum Gasteiger partial charge on any atom is -0.378 e. The number of likely N-dealkylation sites (tertiary alicyclic amines) is 1. The Morgan fingerprint density at radius 1 is 1.24 bits per heavy atom. The average Bonchev–Trinajstić information content (AvgIpc) is 3.36. The van der Waals surface area contributed by atoms with Crippen LogP contribution in [-0.4, -0.2) is 88.5 Å². The zero-order valence-electron chi connectivity index (χ0n) is 17.9. The highest BCUT2D eigenvalue weighted by Gasteiger charge is 2.30. The van der Waals surface area contributed by atoms with E-state index in [-0.39, 0.29) is 5.91 Å². The second-order valence-electron chi connectivity index (χ2n) is 8.10. The van der Waals surface area contributed by atoms with Gasteiger partial charge in [-0.3, -0.25) is 14.6 Å². The number of pyridine rings is 1. The summed E-state index contributed by atoms with van der Waals surface area (Å²) < 4.78 is 7.54. The van der Waals surface area contributed by atoms with Crippen molar-refractivity contribution < 1.29 is 9.53 Å². The quantitative estimate of drug-likeness (QED) is 0.744. The third-order valence-corrected chi connectivity index (χ3v) is 6.39. The van der Waals surface area contributed by atoms with E-state index in [1.165, 1.54) is 6.42 Å². The lowest BCUT2D eigenvalue weighted by molar-refractivity contribution is 0.0298. The second-order valence-corrected chi connectivity index (χ2v) is 8.10. The van der Waals surface area contributed by atoms with Crippen molar-refractivity contribution in [2.75, 3.05) is 52.5 Å². The van der Waals surface area contributed by atoms with Gasteiger partial charge in [0.25, 0.3) is 5.91 Å². The molecule has 0 spiro atoms. The third-order valence-electron chi connectivity index (χ3n) is 6.39. The summed E-state index contributed by atoms with van der Waals surface area (Å²) in [6, 6.07) is 4.70. The molecular formula is C22H33N5O2. The number of aromatic nitrogens is 2. The lowest BCUT2D eigenvalue weighted by Crippen LogP contribution is -2.41. The molecule has 7 heteroatoms. The summed E-state index contributed by atoms with van der Waals surface area (Å²) in [6.45, 7) is 14.0. The predicted molar refractivity (Wildman–Crippen MR) is 113 cm³/mol. The molecule has 2 aliphatic heterocycles. The Morgan fingerprint density at radius 3 is 2.72 bits per heavy atom. The highest BCUT2D eigenvalue weighted by Crippen LogP contribution is 2.23. The molecule has 0 aromatic carbocycles. The molecule has 0 bridgehead atoms. The maximum atomic E-state index is 13.3. The minimum atomic E-state index is 0.0332. The minimum absolute atomic E-state index is 0.0332. The van der Waals surface area contributed by atoms with Crippen molar-refractivity contribution >= 4 is 11.6 Å². The fraction of sp³-hybridized carbons (Fsp3) is 0.636. The highest BCUT2D eigenvalue weighted by atomic mass is 16.5. The first kappa shape index (κ1) is 20.3. The lowest BCUT2D eigenvalue weighted by atomic mass is 10.2. The van der Waals surface area contributed by atoms with E-state index in [0.29, 0.717) is 38.0 Å². The highest BCUT2D eigenvalue weighted by molar-refractivity contribution is 5.94. The van der Waals surface area contributed by atoms with E-state index in [9.17, 15) is 4.79 Å². The number of amides is 1. The van der Waals surface area contributed by atoms with Gasteiger partial charge in [-0.2, -0.15) is 0 Å². The Morgan fingerprint density at radius 2 is 2.00 bits per heavy atom. The molecule has 2 saturated heterocycles. The van der Waals surface area contributed by atoms with Crippen LogP contribution in [0.15, 0.2) is 18.3 Å². The van der Waals surface area contributed by atoms with Crippen LogP contribution < -0.4 is 0 Å². The molecule has 158 valence electrons. The zero-order valence-corrected chi connectivity index (χ0v) is 17.9. The molecule has 2 aromatic heterocycles. The molecule has 7 nitrogen and oxygen atoms in total. The van der Waals surface area contributed by atoms with E-state index in [1.54, 1.807) is 0 Å². The van der Waals surface area contributed by atoms with Crippen molar-refractivity contribution in [2.24, 2.45) is 0 Å². The van der Waals surface area contributed by atoms with Gasteiger partial charge >= 0.3 is 0 Å². The van der Waals surface area contributed by atoms with Crippen molar-refractivity contribution in [3.63, 3.8) is 0 Å². The molecule has 1 amide bonds. The van der Waals surface area contributed by atoms with Gasteiger partial charge in [0.05, 0.1) is 18.9 Å². The smallest absolute Gasteiger partial charge is 0.274 e. The molecule has 0 N–H and O–H groups in total. The maximum Gasteiger partial charge on any atom is 0.274 e. The van der Waals surface area contributed by atoms with Crippen LogP contribution in [0.25, 0.3) is 5.65 Å². The number of fused-ring (bicyclic) bond motifs is 1. The van der Waals surface area contributed by atoms with Crippen molar-refractivity contribution in [1.29, 1.82) is 0 Å². The standard InChI is InChI=1S/C22H33N5O2/c1-4-25(5-2)18-8-10-24(15-18)16-19-20(22(28)26-11-13-29-14-12-26)23-21-17(3)7-6-9-27(19)21/h6-7,9,18H,4-5,8,10-16H2,1-3H3/t18-/m0/s1. The monoisotopic (exact) mass is 399 g/mol. The van der Waals surface area contributed by atoms with Crippen molar-refractivity contribution in [3.8, 4) is 0 Å². The number of nitrogens with zero attached hydrogens (tertiary/aromatic N) is 5. The van der Waals surface area contributed by atoms with Crippen molar-refractivity contribution in [3.05, 3.63) is 35.3 Å². The van der Waals surface area contributed by atoms with Crippen LogP contribution in [0.3, 0.4) is 0 Å². The summed E-state index contributed by atoms with van der Waals surface area (Å²) >= 11 is 0. The van der Waals surface area contributed by atoms with Crippen LogP contribution in [0.1, 0.15) is 42.0 Å². The fourth-order valence-electron chi connectivity index (χ4n) is 4.70. The normalized spacial score (nSPS) is 20.8. The molecule has 1 atom stereocenters. The number of morpholine rings is 1. The van der Waals surface area contributed by atoms with Gasteiger partial charge in [0.1, 0.15) is 5.65 Å². The van der Waals surface area contributed by atoms with E-state index in [0.717, 1.165) is 49.6 Å². The number of carbonyl (C=O) groups excluding carboxylic acids is 1. The van der Waals surface area contributed by atoms with Gasteiger partial charge in [-0.05, 0) is 38.1 Å². The van der Waals surface area contributed by atoms with Gasteiger partial charge in [0.15, 0.2) is 5.69 Å². The molecule has 4 heterocycles. The van der Waals surface area contributed by atoms with Gasteiger partial charge in [-0.25, -0.2) is 4.98 Å². The number of imidazole rings is 1. The van der Waals surface area contributed by atoms with Gasteiger partial charge in [-0.15, -0.1) is 0 Å². The number of ether oxygens (including phenoxy) is 1. The molecular weight excluding hydrogens is 366 g/mol. The van der Waals surface area contributed by atoms with E-state index >= 15 is 0 Å². The summed E-state index contributed by atoms with van der Waals surface area (Å²) in [6.07, 6.45) is 3.23. The van der Waals surface area contributed by atoms with Crippen molar-refractivity contribution in [1.82, 2.24) is 24.1 Å². The van der Waals surface area contributed by atoms with Crippen LogP contribution in [0.4, 0.5) is 0 Å². The number of hydrogen-bond donors (Lipinski definition) is 0. The summed E-state index contributed by atoms with van der Waals surface area (Å²) in [5.74, 6) is 0.0332. The molecule has 4 rings (SSSR count). The fourth-order valence-corrected chi connectivity index (χ4v) is 4.70. The van der Waals surface area contributed by atoms with E-state index in [1.807, 2.05) is 17.2 Å². The Labute approximate surface area is 173 Å². The van der Waals surface area contributed by atoms with Gasteiger partial charge in [0.2, 0.25) is 0 Å². The first-order valence-electron chi connectivity index (χ1n) is 10.9. The molecule has 0 radical (unpaired) electrons. The van der Waals surface area contributed by atoms with Gasteiger partial charge in [-0.1, -0.05) is 19.9 Å². The molecule has 0 aliphatic carbocycles. The molecule has 2 aromatic rings. The number of carbonyl (C=O) groups is 1. The first-order chi connectivity index (χ1) is 14.1. The molecule has 0 unspecified atom stereocenters. The van der Waals surface area contributed by atoms with Crippen LogP contribution in [-0.2, 0) is 11.3 Å². The molecule has 2 fully saturated rings. The van der Waals surface area contributed by atoms with Gasteiger partial charge in [0, 0.05) is 45.0 Å². The zero-order chi connectivity index (χ0) is 20.4. The van der Waals surface area contributed by atoms with Crippen molar-refractivity contribution in [2.45, 2.75) is 39.8 Å². The van der Waals surface area contributed by atoms with Crippen LogP contribution in [0.5, 0.6) is 0 Å². The Kier molecular flexibility index (Phi) is 6.18. The Bertz CT molecular complexity index is 854. The molecule has 2 aliphatic rings. The Balaban J connectivity index is 1.62. The van der Waals surface area contributed by atoms with Crippen LogP contribution >= 0.6 is 0 Å². The number of rotatable bonds is 6. The summed E-state index contributed by atoms with van der Waals surface area (Å²) in [5.41, 5.74) is 3.60. The third kappa shape index (κ3) is 4.04. The van der Waals surface area contributed by atoms with E-state index in [2.05, 4.69) is 41.0 Å².